The molecule has 3 rings (SSSR count). The van der Waals surface area contributed by atoms with E-state index < -0.39 is 0 Å². The third kappa shape index (κ3) is 5.43. The first-order chi connectivity index (χ1) is 12.2. The first-order valence-electron chi connectivity index (χ1n) is 8.49. The van der Waals surface area contributed by atoms with Crippen molar-refractivity contribution < 1.29 is 14.3 Å². The van der Waals surface area contributed by atoms with E-state index in [-0.39, 0.29) is 12.7 Å². The molecule has 0 radical (unpaired) electrons. The summed E-state index contributed by atoms with van der Waals surface area (Å²) >= 11 is 1.84. The van der Waals surface area contributed by atoms with Gasteiger partial charge in [0.1, 0.15) is 0 Å². The maximum atomic E-state index is 11.9. The van der Waals surface area contributed by atoms with Gasteiger partial charge < -0.3 is 14.8 Å². The summed E-state index contributed by atoms with van der Waals surface area (Å²) in [6.45, 7) is 3.08. The molecule has 0 atom stereocenters. The van der Waals surface area contributed by atoms with Gasteiger partial charge in [0.25, 0.3) is 0 Å². The minimum atomic E-state index is 0.0913. The Morgan fingerprint density at radius 2 is 1.84 bits per heavy atom. The van der Waals surface area contributed by atoms with E-state index in [1.54, 1.807) is 0 Å². The summed E-state index contributed by atoms with van der Waals surface area (Å²) in [6, 6.07) is 14.4. The van der Waals surface area contributed by atoms with Crippen LogP contribution in [0.2, 0.25) is 0 Å². The Bertz CT molecular complexity index is 715. The van der Waals surface area contributed by atoms with Crippen molar-refractivity contribution in [1.82, 2.24) is 5.32 Å². The third-order valence-corrected chi connectivity index (χ3v) is 5.07. The first kappa shape index (κ1) is 17.7. The van der Waals surface area contributed by atoms with Crippen LogP contribution in [0.15, 0.2) is 42.5 Å². The van der Waals surface area contributed by atoms with Crippen LogP contribution in [0, 0.1) is 6.92 Å². The van der Waals surface area contributed by atoms with Crippen LogP contribution in [0.1, 0.15) is 23.1 Å². The van der Waals surface area contributed by atoms with Gasteiger partial charge >= 0.3 is 0 Å². The van der Waals surface area contributed by atoms with E-state index in [0.29, 0.717) is 19.4 Å². The molecule has 1 N–H and O–H groups in total. The summed E-state index contributed by atoms with van der Waals surface area (Å²) in [4.78, 5) is 11.9. The smallest absolute Gasteiger partial charge is 0.231 e. The molecule has 2 aromatic carbocycles. The number of nitrogens with one attached hydrogen (secondary N) is 1. The predicted octanol–water partition coefficient (Wildman–Crippen LogP) is 3.71. The molecule has 5 heteroatoms. The SMILES string of the molecule is Cc1ccc(CSCCNC(=O)CCc2ccc3c(c2)OCO3)cc1. The highest BCUT2D eigenvalue weighted by atomic mass is 32.2. The van der Waals surface area contributed by atoms with Crippen LogP contribution in [0.4, 0.5) is 0 Å². The van der Waals surface area contributed by atoms with Crippen molar-refractivity contribution in [2.45, 2.75) is 25.5 Å². The van der Waals surface area contributed by atoms with Crippen molar-refractivity contribution in [3.63, 3.8) is 0 Å². The topological polar surface area (TPSA) is 47.6 Å². The third-order valence-electron chi connectivity index (χ3n) is 4.04. The van der Waals surface area contributed by atoms with Gasteiger partial charge in [-0.2, -0.15) is 11.8 Å². The van der Waals surface area contributed by atoms with Crippen molar-refractivity contribution in [1.29, 1.82) is 0 Å². The lowest BCUT2D eigenvalue weighted by molar-refractivity contribution is -0.120. The van der Waals surface area contributed by atoms with E-state index in [4.69, 9.17) is 9.47 Å². The Kier molecular flexibility index (Phi) is 6.23. The van der Waals surface area contributed by atoms with Crippen LogP contribution >= 0.6 is 11.8 Å². The van der Waals surface area contributed by atoms with Gasteiger partial charge in [0.05, 0.1) is 0 Å². The van der Waals surface area contributed by atoms with Crippen molar-refractivity contribution in [2.24, 2.45) is 0 Å². The number of hydrogen-bond acceptors (Lipinski definition) is 4. The van der Waals surface area contributed by atoms with E-state index in [9.17, 15) is 4.79 Å². The van der Waals surface area contributed by atoms with Crippen molar-refractivity contribution >= 4 is 17.7 Å². The van der Waals surface area contributed by atoms with Crippen molar-refractivity contribution in [3.8, 4) is 11.5 Å². The second-order valence-corrected chi connectivity index (χ2v) is 7.18. The normalized spacial score (nSPS) is 12.2. The van der Waals surface area contributed by atoms with Crippen LogP contribution < -0.4 is 14.8 Å². The molecule has 0 spiro atoms. The molecule has 25 heavy (non-hydrogen) atoms. The summed E-state index contributed by atoms with van der Waals surface area (Å²) < 4.78 is 10.6. The number of fused-ring (bicyclic) bond motifs is 1. The van der Waals surface area contributed by atoms with E-state index >= 15 is 0 Å². The van der Waals surface area contributed by atoms with Crippen molar-refractivity contribution in [3.05, 3.63) is 59.2 Å². The summed E-state index contributed by atoms with van der Waals surface area (Å²) in [6.07, 6.45) is 1.20. The largest absolute Gasteiger partial charge is 0.454 e. The average Bonchev–Trinajstić information content (AvgIpc) is 3.09. The lowest BCUT2D eigenvalue weighted by atomic mass is 10.1. The van der Waals surface area contributed by atoms with Crippen LogP contribution in [0.5, 0.6) is 11.5 Å². The number of benzene rings is 2. The Morgan fingerprint density at radius 1 is 1.08 bits per heavy atom. The number of thioether (sulfide) groups is 1. The van der Waals surface area contributed by atoms with E-state index in [1.807, 2.05) is 30.0 Å². The van der Waals surface area contributed by atoms with Crippen LogP contribution in [-0.4, -0.2) is 25.0 Å². The zero-order valence-electron chi connectivity index (χ0n) is 14.4. The second kappa shape index (κ2) is 8.81. The molecule has 1 aliphatic heterocycles. The zero-order chi connectivity index (χ0) is 17.5. The summed E-state index contributed by atoms with van der Waals surface area (Å²) in [5.74, 6) is 3.54. The fourth-order valence-electron chi connectivity index (χ4n) is 2.58. The number of carbonyl (C=O) groups is 1. The molecule has 0 saturated carbocycles. The van der Waals surface area contributed by atoms with Gasteiger partial charge in [-0.15, -0.1) is 0 Å². The fourth-order valence-corrected chi connectivity index (χ4v) is 3.40. The fraction of sp³-hybridized carbons (Fsp3) is 0.350. The molecule has 0 fully saturated rings. The minimum Gasteiger partial charge on any atom is -0.454 e. The molecule has 0 unspecified atom stereocenters. The average molecular weight is 357 g/mol. The van der Waals surface area contributed by atoms with Gasteiger partial charge in [0.15, 0.2) is 11.5 Å². The molecule has 0 aliphatic carbocycles. The Hall–Kier alpha value is -2.14. The summed E-state index contributed by atoms with van der Waals surface area (Å²) in [5, 5.41) is 2.98. The number of hydrogen-bond donors (Lipinski definition) is 1. The maximum absolute atomic E-state index is 11.9. The van der Waals surface area contributed by atoms with Crippen molar-refractivity contribution in [2.75, 3.05) is 19.1 Å². The number of aryl methyl sites for hydroxylation is 2. The predicted molar refractivity (Wildman–Crippen MR) is 101 cm³/mol. The maximum Gasteiger partial charge on any atom is 0.231 e. The molecular formula is C20H23NO3S. The molecule has 0 saturated heterocycles. The highest BCUT2D eigenvalue weighted by Gasteiger charge is 2.13. The first-order valence-corrected chi connectivity index (χ1v) is 9.65. The zero-order valence-corrected chi connectivity index (χ0v) is 15.2. The van der Waals surface area contributed by atoms with Gasteiger partial charge in [-0.05, 0) is 36.6 Å². The molecule has 0 bridgehead atoms. The quantitative estimate of drug-likeness (QED) is 0.732. The van der Waals surface area contributed by atoms with E-state index in [0.717, 1.165) is 28.6 Å². The van der Waals surface area contributed by atoms with Crippen LogP contribution in [0.25, 0.3) is 0 Å². The Labute approximate surface area is 152 Å². The summed E-state index contributed by atoms with van der Waals surface area (Å²) in [5.41, 5.74) is 3.70. The molecule has 1 heterocycles. The molecule has 0 aromatic heterocycles. The lowest BCUT2D eigenvalue weighted by Crippen LogP contribution is -2.25. The van der Waals surface area contributed by atoms with Gasteiger partial charge in [-0.3, -0.25) is 4.79 Å². The van der Waals surface area contributed by atoms with Gasteiger partial charge in [0.2, 0.25) is 12.7 Å². The molecule has 1 aliphatic rings. The van der Waals surface area contributed by atoms with Gasteiger partial charge in [0, 0.05) is 24.5 Å². The molecule has 4 nitrogen and oxygen atoms in total. The Balaban J connectivity index is 1.30. The minimum absolute atomic E-state index is 0.0913. The molecular weight excluding hydrogens is 334 g/mol. The van der Waals surface area contributed by atoms with Gasteiger partial charge in [-0.1, -0.05) is 35.9 Å². The van der Waals surface area contributed by atoms with Gasteiger partial charge in [-0.25, -0.2) is 0 Å². The highest BCUT2D eigenvalue weighted by Crippen LogP contribution is 2.32. The van der Waals surface area contributed by atoms with Crippen LogP contribution in [0.3, 0.4) is 0 Å². The molecule has 1 amide bonds. The number of rotatable bonds is 8. The number of amides is 1. The summed E-state index contributed by atoms with van der Waals surface area (Å²) in [7, 11) is 0. The standard InChI is InChI=1S/C20H23NO3S/c1-15-2-4-17(5-3-15)13-25-11-10-21-20(22)9-7-16-6-8-18-19(12-16)24-14-23-18/h2-6,8,12H,7,9-11,13-14H2,1H3,(H,21,22). The Morgan fingerprint density at radius 3 is 2.68 bits per heavy atom. The monoisotopic (exact) mass is 357 g/mol. The lowest BCUT2D eigenvalue weighted by Gasteiger charge is -2.06. The highest BCUT2D eigenvalue weighted by molar-refractivity contribution is 7.98. The molecule has 132 valence electrons. The van der Waals surface area contributed by atoms with Crippen LogP contribution in [-0.2, 0) is 17.0 Å². The molecule has 2 aromatic rings. The number of carbonyl (C=O) groups excluding carboxylic acids is 1. The number of ether oxygens (including phenoxy) is 2. The second-order valence-electron chi connectivity index (χ2n) is 6.08. The van der Waals surface area contributed by atoms with E-state index in [2.05, 4.69) is 36.5 Å². The van der Waals surface area contributed by atoms with E-state index in [1.165, 1.54) is 11.1 Å².